The number of carbonyl (C=O) groups is 1. The van der Waals surface area contributed by atoms with Crippen LogP contribution in [-0.2, 0) is 11.2 Å². The molecule has 1 amide bonds. The standard InChI is InChI=1S/C18H24N2O2/c21-18(6-5-14-7-10-19-11-8-14)20-12-9-16-13-15-3-1-2-4-17(15)22-16/h1-4,13-14,19H,5-12H2,(H,20,21). The van der Waals surface area contributed by atoms with Crippen LogP contribution in [0.4, 0.5) is 0 Å². The van der Waals surface area contributed by atoms with E-state index < -0.39 is 0 Å². The number of fused-ring (bicyclic) bond motifs is 1. The summed E-state index contributed by atoms with van der Waals surface area (Å²) in [6.45, 7) is 2.83. The first kappa shape index (κ1) is 15.1. The van der Waals surface area contributed by atoms with E-state index in [2.05, 4.69) is 16.7 Å². The Morgan fingerprint density at radius 3 is 2.91 bits per heavy atom. The van der Waals surface area contributed by atoms with Crippen LogP contribution in [0.1, 0.15) is 31.4 Å². The number of nitrogens with one attached hydrogen (secondary N) is 2. The number of furan rings is 1. The Morgan fingerprint density at radius 2 is 2.09 bits per heavy atom. The molecule has 118 valence electrons. The SMILES string of the molecule is O=C(CCC1CCNCC1)NCCc1cc2ccccc2o1. The van der Waals surface area contributed by atoms with Crippen LogP contribution in [0.15, 0.2) is 34.7 Å². The van der Waals surface area contributed by atoms with Crippen LogP contribution >= 0.6 is 0 Å². The molecule has 2 heterocycles. The Labute approximate surface area is 131 Å². The lowest BCUT2D eigenvalue weighted by Gasteiger charge is -2.22. The molecule has 3 rings (SSSR count). The third-order valence-corrected chi connectivity index (χ3v) is 4.41. The second kappa shape index (κ2) is 7.45. The van der Waals surface area contributed by atoms with Crippen molar-refractivity contribution in [3.63, 3.8) is 0 Å². The quantitative estimate of drug-likeness (QED) is 0.862. The third kappa shape index (κ3) is 4.10. The van der Waals surface area contributed by atoms with Crippen molar-refractivity contribution in [2.75, 3.05) is 19.6 Å². The average molecular weight is 300 g/mol. The van der Waals surface area contributed by atoms with E-state index in [1.165, 1.54) is 12.8 Å². The van der Waals surface area contributed by atoms with Gasteiger partial charge in [-0.1, -0.05) is 18.2 Å². The number of hydrogen-bond acceptors (Lipinski definition) is 3. The summed E-state index contributed by atoms with van der Waals surface area (Å²) >= 11 is 0. The highest BCUT2D eigenvalue weighted by Crippen LogP contribution is 2.19. The minimum absolute atomic E-state index is 0.162. The van der Waals surface area contributed by atoms with Crippen LogP contribution in [0.3, 0.4) is 0 Å². The van der Waals surface area contributed by atoms with E-state index in [4.69, 9.17) is 4.42 Å². The Hall–Kier alpha value is -1.81. The lowest BCUT2D eigenvalue weighted by molar-refractivity contribution is -0.121. The maximum absolute atomic E-state index is 11.9. The van der Waals surface area contributed by atoms with Gasteiger partial charge in [-0.25, -0.2) is 0 Å². The number of amides is 1. The first-order valence-corrected chi connectivity index (χ1v) is 8.26. The normalized spacial score (nSPS) is 16.0. The molecule has 4 heteroatoms. The van der Waals surface area contributed by atoms with Crippen LogP contribution in [0.25, 0.3) is 11.0 Å². The molecular formula is C18H24N2O2. The summed E-state index contributed by atoms with van der Waals surface area (Å²) < 4.78 is 5.75. The van der Waals surface area contributed by atoms with Crippen LogP contribution in [0, 0.1) is 5.92 Å². The molecule has 1 fully saturated rings. The van der Waals surface area contributed by atoms with Gasteiger partial charge in [-0.15, -0.1) is 0 Å². The zero-order chi connectivity index (χ0) is 15.2. The van der Waals surface area contributed by atoms with E-state index >= 15 is 0 Å². The first-order chi connectivity index (χ1) is 10.8. The minimum Gasteiger partial charge on any atom is -0.461 e. The van der Waals surface area contributed by atoms with Crippen molar-refractivity contribution in [2.24, 2.45) is 5.92 Å². The molecule has 1 aromatic heterocycles. The zero-order valence-electron chi connectivity index (χ0n) is 12.9. The van der Waals surface area contributed by atoms with Gasteiger partial charge >= 0.3 is 0 Å². The third-order valence-electron chi connectivity index (χ3n) is 4.41. The molecule has 2 aromatic rings. The summed E-state index contributed by atoms with van der Waals surface area (Å²) in [6, 6.07) is 10.0. The summed E-state index contributed by atoms with van der Waals surface area (Å²) in [6.07, 6.45) is 4.80. The summed E-state index contributed by atoms with van der Waals surface area (Å²) in [7, 11) is 0. The second-order valence-electron chi connectivity index (χ2n) is 6.08. The summed E-state index contributed by atoms with van der Waals surface area (Å²) in [4.78, 5) is 11.9. The van der Waals surface area contributed by atoms with Crippen LogP contribution in [-0.4, -0.2) is 25.5 Å². The number of piperidine rings is 1. The summed E-state index contributed by atoms with van der Waals surface area (Å²) in [5.74, 6) is 1.80. The molecule has 0 bridgehead atoms. The Kier molecular flexibility index (Phi) is 5.11. The molecule has 0 spiro atoms. The van der Waals surface area contributed by atoms with Gasteiger partial charge in [0.25, 0.3) is 0 Å². The molecule has 0 radical (unpaired) electrons. The van der Waals surface area contributed by atoms with E-state index in [1.807, 2.05) is 24.3 Å². The Morgan fingerprint density at radius 1 is 1.27 bits per heavy atom. The van der Waals surface area contributed by atoms with Gasteiger partial charge in [0.2, 0.25) is 5.91 Å². The van der Waals surface area contributed by atoms with E-state index in [1.54, 1.807) is 0 Å². The number of carbonyl (C=O) groups excluding carboxylic acids is 1. The molecule has 22 heavy (non-hydrogen) atoms. The molecule has 0 aliphatic carbocycles. The highest BCUT2D eigenvalue weighted by atomic mass is 16.3. The van der Waals surface area contributed by atoms with Crippen molar-refractivity contribution in [1.29, 1.82) is 0 Å². The molecule has 0 atom stereocenters. The summed E-state index contributed by atoms with van der Waals surface area (Å²) in [5.41, 5.74) is 0.912. The van der Waals surface area contributed by atoms with E-state index in [0.29, 0.717) is 18.9 Å². The highest BCUT2D eigenvalue weighted by molar-refractivity contribution is 5.78. The van der Waals surface area contributed by atoms with Gasteiger partial charge in [0.15, 0.2) is 0 Å². The zero-order valence-corrected chi connectivity index (χ0v) is 12.9. The van der Waals surface area contributed by atoms with Crippen LogP contribution < -0.4 is 10.6 Å². The van der Waals surface area contributed by atoms with Crippen molar-refractivity contribution < 1.29 is 9.21 Å². The molecule has 1 aromatic carbocycles. The lowest BCUT2D eigenvalue weighted by Crippen LogP contribution is -2.30. The van der Waals surface area contributed by atoms with Gasteiger partial charge in [-0.2, -0.15) is 0 Å². The van der Waals surface area contributed by atoms with Crippen molar-refractivity contribution in [1.82, 2.24) is 10.6 Å². The molecule has 0 saturated carbocycles. The summed E-state index contributed by atoms with van der Waals surface area (Å²) in [5, 5.41) is 7.48. The average Bonchev–Trinajstić information content (AvgIpc) is 2.96. The van der Waals surface area contributed by atoms with Gasteiger partial charge in [0.1, 0.15) is 11.3 Å². The molecular weight excluding hydrogens is 276 g/mol. The number of benzene rings is 1. The first-order valence-electron chi connectivity index (χ1n) is 8.26. The van der Waals surface area contributed by atoms with E-state index in [-0.39, 0.29) is 5.91 Å². The van der Waals surface area contributed by atoms with Gasteiger partial charge < -0.3 is 15.1 Å². The number of hydrogen-bond donors (Lipinski definition) is 2. The topological polar surface area (TPSA) is 54.3 Å². The predicted octanol–water partition coefficient (Wildman–Crippen LogP) is 2.87. The van der Waals surface area contributed by atoms with E-state index in [0.717, 1.165) is 42.7 Å². The fraction of sp³-hybridized carbons (Fsp3) is 0.500. The fourth-order valence-electron chi connectivity index (χ4n) is 3.08. The molecule has 1 saturated heterocycles. The maximum atomic E-state index is 11.9. The van der Waals surface area contributed by atoms with Crippen molar-refractivity contribution >= 4 is 16.9 Å². The molecule has 1 aliphatic rings. The smallest absolute Gasteiger partial charge is 0.220 e. The monoisotopic (exact) mass is 300 g/mol. The van der Waals surface area contributed by atoms with Gasteiger partial charge in [-0.3, -0.25) is 4.79 Å². The molecule has 4 nitrogen and oxygen atoms in total. The van der Waals surface area contributed by atoms with Gasteiger partial charge in [0, 0.05) is 24.8 Å². The lowest BCUT2D eigenvalue weighted by atomic mass is 9.93. The fourth-order valence-corrected chi connectivity index (χ4v) is 3.08. The van der Waals surface area contributed by atoms with E-state index in [9.17, 15) is 4.79 Å². The predicted molar refractivity (Wildman–Crippen MR) is 87.8 cm³/mol. The number of para-hydroxylation sites is 1. The largest absolute Gasteiger partial charge is 0.461 e. The van der Waals surface area contributed by atoms with Crippen molar-refractivity contribution in [2.45, 2.75) is 32.1 Å². The Bertz CT molecular complexity index is 581. The Balaban J connectivity index is 1.37. The van der Waals surface area contributed by atoms with Gasteiger partial charge in [0.05, 0.1) is 0 Å². The molecule has 0 unspecified atom stereocenters. The van der Waals surface area contributed by atoms with Crippen molar-refractivity contribution in [3.05, 3.63) is 36.1 Å². The van der Waals surface area contributed by atoms with Gasteiger partial charge in [-0.05, 0) is 50.4 Å². The second-order valence-corrected chi connectivity index (χ2v) is 6.08. The molecule has 1 aliphatic heterocycles. The minimum atomic E-state index is 0.162. The van der Waals surface area contributed by atoms with Crippen LogP contribution in [0.5, 0.6) is 0 Å². The van der Waals surface area contributed by atoms with Crippen LogP contribution in [0.2, 0.25) is 0 Å². The van der Waals surface area contributed by atoms with Crippen molar-refractivity contribution in [3.8, 4) is 0 Å². The molecule has 2 N–H and O–H groups in total. The highest BCUT2D eigenvalue weighted by Gasteiger charge is 2.14. The number of rotatable bonds is 6. The maximum Gasteiger partial charge on any atom is 0.220 e.